The van der Waals surface area contributed by atoms with Crippen molar-refractivity contribution in [3.05, 3.63) is 51.9 Å². The van der Waals surface area contributed by atoms with Crippen LogP contribution in [0.25, 0.3) is 11.0 Å². The molecular formula is C16H14O3. The fourth-order valence-corrected chi connectivity index (χ4v) is 3.14. The van der Waals surface area contributed by atoms with Crippen molar-refractivity contribution in [1.29, 1.82) is 0 Å². The van der Waals surface area contributed by atoms with Crippen LogP contribution >= 0.6 is 0 Å². The van der Waals surface area contributed by atoms with Gasteiger partial charge in [0.25, 0.3) is 0 Å². The summed E-state index contributed by atoms with van der Waals surface area (Å²) in [5.74, 6) is 1.12. The smallest absolute Gasteiger partial charge is 0.343 e. The van der Waals surface area contributed by atoms with Gasteiger partial charge >= 0.3 is 5.63 Å². The van der Waals surface area contributed by atoms with Gasteiger partial charge in [0.05, 0.1) is 10.9 Å². The zero-order valence-electron chi connectivity index (χ0n) is 10.7. The lowest BCUT2D eigenvalue weighted by Gasteiger charge is -2.28. The standard InChI is InChI=1S/C16H14O3/c1-9-4-2-7-13-14(9)15-11(16(17)19-13)8-10-5-3-6-12(10)18-15/h2-4,6-7,10,12H,5,8H2,1H3. The van der Waals surface area contributed by atoms with E-state index >= 15 is 0 Å². The molecule has 96 valence electrons. The van der Waals surface area contributed by atoms with Gasteiger partial charge in [-0.25, -0.2) is 4.79 Å². The second-order valence-electron chi connectivity index (χ2n) is 5.36. The minimum atomic E-state index is -0.251. The number of aryl methyl sites for hydroxylation is 1. The highest BCUT2D eigenvalue weighted by molar-refractivity contribution is 5.88. The number of allylic oxidation sites excluding steroid dienone is 1. The first-order chi connectivity index (χ1) is 9.24. The number of ether oxygens (including phenoxy) is 1. The summed E-state index contributed by atoms with van der Waals surface area (Å²) < 4.78 is 11.5. The monoisotopic (exact) mass is 254 g/mol. The van der Waals surface area contributed by atoms with Gasteiger partial charge in [0.2, 0.25) is 0 Å². The van der Waals surface area contributed by atoms with E-state index in [9.17, 15) is 4.79 Å². The zero-order chi connectivity index (χ0) is 13.0. The first-order valence-corrected chi connectivity index (χ1v) is 6.62. The van der Waals surface area contributed by atoms with E-state index in [0.717, 1.165) is 29.5 Å². The Hall–Kier alpha value is -2.03. The molecule has 2 aliphatic rings. The highest BCUT2D eigenvalue weighted by atomic mass is 16.5. The molecule has 0 spiro atoms. The Labute approximate surface area is 110 Å². The molecule has 1 aromatic heterocycles. The van der Waals surface area contributed by atoms with Crippen LogP contribution < -0.4 is 10.4 Å². The largest absolute Gasteiger partial charge is 0.485 e. The van der Waals surface area contributed by atoms with Crippen molar-refractivity contribution in [2.24, 2.45) is 5.92 Å². The molecule has 0 N–H and O–H groups in total. The number of rotatable bonds is 0. The molecule has 0 radical (unpaired) electrons. The van der Waals surface area contributed by atoms with E-state index in [1.807, 2.05) is 25.1 Å². The zero-order valence-corrected chi connectivity index (χ0v) is 10.7. The Morgan fingerprint density at radius 3 is 3.11 bits per heavy atom. The van der Waals surface area contributed by atoms with Crippen LogP contribution in [0, 0.1) is 12.8 Å². The molecule has 2 atom stereocenters. The SMILES string of the molecule is Cc1cccc2oc(=O)c3c(c12)OC1C=CCC1C3. The summed E-state index contributed by atoms with van der Waals surface area (Å²) in [5.41, 5.74) is 2.15. The van der Waals surface area contributed by atoms with Crippen LogP contribution in [-0.4, -0.2) is 6.10 Å². The Balaban J connectivity index is 2.04. The molecule has 0 bridgehead atoms. The maximum Gasteiger partial charge on any atom is 0.343 e. The first kappa shape index (κ1) is 10.9. The van der Waals surface area contributed by atoms with Gasteiger partial charge in [-0.05, 0) is 37.5 Å². The lowest BCUT2D eigenvalue weighted by molar-refractivity contribution is 0.166. The molecule has 0 saturated heterocycles. The van der Waals surface area contributed by atoms with Gasteiger partial charge in [-0.15, -0.1) is 0 Å². The third-order valence-corrected chi connectivity index (χ3v) is 4.13. The van der Waals surface area contributed by atoms with Crippen LogP contribution in [0.4, 0.5) is 0 Å². The van der Waals surface area contributed by atoms with Crippen molar-refractivity contribution in [2.45, 2.75) is 25.9 Å². The highest BCUT2D eigenvalue weighted by Crippen LogP contribution is 2.39. The van der Waals surface area contributed by atoms with E-state index in [1.54, 1.807) is 0 Å². The Morgan fingerprint density at radius 2 is 2.21 bits per heavy atom. The maximum atomic E-state index is 12.1. The molecular weight excluding hydrogens is 240 g/mol. The van der Waals surface area contributed by atoms with Gasteiger partial charge in [-0.1, -0.05) is 18.2 Å². The van der Waals surface area contributed by atoms with E-state index in [1.165, 1.54) is 0 Å². The quantitative estimate of drug-likeness (QED) is 0.536. The molecule has 3 heteroatoms. The molecule has 0 saturated carbocycles. The van der Waals surface area contributed by atoms with Crippen LogP contribution in [0.1, 0.15) is 17.5 Å². The first-order valence-electron chi connectivity index (χ1n) is 6.62. The van der Waals surface area contributed by atoms with Gasteiger partial charge < -0.3 is 9.15 Å². The third-order valence-electron chi connectivity index (χ3n) is 4.13. The predicted molar refractivity (Wildman–Crippen MR) is 72.6 cm³/mol. The molecule has 19 heavy (non-hydrogen) atoms. The molecule has 1 aliphatic heterocycles. The fourth-order valence-electron chi connectivity index (χ4n) is 3.14. The van der Waals surface area contributed by atoms with Crippen molar-refractivity contribution >= 4 is 11.0 Å². The maximum absolute atomic E-state index is 12.1. The minimum Gasteiger partial charge on any atom is -0.485 e. The lowest BCUT2D eigenvalue weighted by atomic mass is 9.91. The fraction of sp³-hybridized carbons (Fsp3) is 0.312. The summed E-state index contributed by atoms with van der Waals surface area (Å²) in [5, 5.41) is 0.941. The second-order valence-corrected chi connectivity index (χ2v) is 5.36. The number of benzene rings is 1. The summed E-state index contributed by atoms with van der Waals surface area (Å²) in [7, 11) is 0. The van der Waals surface area contributed by atoms with Crippen molar-refractivity contribution in [1.82, 2.24) is 0 Å². The summed E-state index contributed by atoms with van der Waals surface area (Å²) >= 11 is 0. The minimum absolute atomic E-state index is 0.108. The van der Waals surface area contributed by atoms with Gasteiger partial charge in [-0.2, -0.15) is 0 Å². The Bertz CT molecular complexity index is 754. The molecule has 4 rings (SSSR count). The molecule has 3 nitrogen and oxygen atoms in total. The van der Waals surface area contributed by atoms with Gasteiger partial charge in [0.15, 0.2) is 0 Å². The van der Waals surface area contributed by atoms with E-state index in [0.29, 0.717) is 17.1 Å². The van der Waals surface area contributed by atoms with E-state index in [-0.39, 0.29) is 11.7 Å². The predicted octanol–water partition coefficient (Wildman–Crippen LogP) is 2.98. The topological polar surface area (TPSA) is 39.4 Å². The number of hydrogen-bond donors (Lipinski definition) is 0. The van der Waals surface area contributed by atoms with E-state index < -0.39 is 0 Å². The number of fused-ring (bicyclic) bond motifs is 4. The van der Waals surface area contributed by atoms with Crippen molar-refractivity contribution < 1.29 is 9.15 Å². The van der Waals surface area contributed by atoms with Crippen molar-refractivity contribution in [2.75, 3.05) is 0 Å². The van der Waals surface area contributed by atoms with Crippen LogP contribution in [-0.2, 0) is 6.42 Å². The lowest BCUT2D eigenvalue weighted by Crippen LogP contribution is -2.31. The van der Waals surface area contributed by atoms with Crippen LogP contribution in [0.2, 0.25) is 0 Å². The molecule has 0 amide bonds. The summed E-state index contributed by atoms with van der Waals surface area (Å²) in [6, 6.07) is 5.74. The molecule has 0 fully saturated rings. The molecule has 1 aliphatic carbocycles. The van der Waals surface area contributed by atoms with Crippen LogP contribution in [0.15, 0.2) is 39.6 Å². The Morgan fingerprint density at radius 1 is 1.32 bits per heavy atom. The summed E-state index contributed by atoms with van der Waals surface area (Å²) in [6.07, 6.45) is 6.08. The van der Waals surface area contributed by atoms with Gasteiger partial charge in [0, 0.05) is 5.92 Å². The highest BCUT2D eigenvalue weighted by Gasteiger charge is 2.34. The van der Waals surface area contributed by atoms with Gasteiger partial charge in [-0.3, -0.25) is 0 Å². The van der Waals surface area contributed by atoms with Crippen LogP contribution in [0.3, 0.4) is 0 Å². The summed E-state index contributed by atoms with van der Waals surface area (Å²) in [4.78, 5) is 12.1. The molecule has 2 heterocycles. The molecule has 2 unspecified atom stereocenters. The molecule has 2 aromatic rings. The Kier molecular flexibility index (Phi) is 2.13. The normalized spacial score (nSPS) is 24.1. The third kappa shape index (κ3) is 1.47. The van der Waals surface area contributed by atoms with E-state index in [2.05, 4.69) is 12.2 Å². The average molecular weight is 254 g/mol. The number of hydrogen-bond acceptors (Lipinski definition) is 3. The molecule has 1 aromatic carbocycles. The van der Waals surface area contributed by atoms with Crippen molar-refractivity contribution in [3.63, 3.8) is 0 Å². The van der Waals surface area contributed by atoms with E-state index in [4.69, 9.17) is 9.15 Å². The average Bonchev–Trinajstić information content (AvgIpc) is 2.84. The van der Waals surface area contributed by atoms with Gasteiger partial charge in [0.1, 0.15) is 17.4 Å². The van der Waals surface area contributed by atoms with Crippen LogP contribution in [0.5, 0.6) is 5.75 Å². The summed E-state index contributed by atoms with van der Waals surface area (Å²) in [6.45, 7) is 2.02. The van der Waals surface area contributed by atoms with Crippen molar-refractivity contribution in [3.8, 4) is 5.75 Å². The second kappa shape index (κ2) is 3.73.